The van der Waals surface area contributed by atoms with E-state index in [-0.39, 0.29) is 11.5 Å². The van der Waals surface area contributed by atoms with E-state index in [4.69, 9.17) is 0 Å². The van der Waals surface area contributed by atoms with Crippen molar-refractivity contribution in [3.63, 3.8) is 0 Å². The summed E-state index contributed by atoms with van der Waals surface area (Å²) in [6.07, 6.45) is 6.25. The summed E-state index contributed by atoms with van der Waals surface area (Å²) in [6.45, 7) is 0.872. The van der Waals surface area contributed by atoms with Crippen LogP contribution in [0.25, 0.3) is 0 Å². The zero-order chi connectivity index (χ0) is 13.7. The molecule has 2 atom stereocenters. The molecule has 20 heavy (non-hydrogen) atoms. The first kappa shape index (κ1) is 12.1. The molecule has 1 aromatic heterocycles. The molecule has 3 heterocycles. The average Bonchev–Trinajstić information content (AvgIpc) is 2.63. The highest BCUT2D eigenvalue weighted by atomic mass is 16.2. The molecule has 106 valence electrons. The number of hydrogen-bond acceptors (Lipinski definition) is 3. The SMILES string of the molecule is O=C(c1ccc(=O)[nH]n1)N1CC2CC3CC(C2)CC1C3. The van der Waals surface area contributed by atoms with Gasteiger partial charge in [0.2, 0.25) is 0 Å². The topological polar surface area (TPSA) is 66.1 Å². The van der Waals surface area contributed by atoms with Crippen LogP contribution in [0.15, 0.2) is 16.9 Å². The standard InChI is InChI=1S/C15H19N3O2/c19-14-2-1-13(16-17-14)15(20)18-8-11-4-9-3-10(5-11)7-12(18)6-9/h1-2,9-12H,3-8H2,(H,17,19). The van der Waals surface area contributed by atoms with Gasteiger partial charge in [0.05, 0.1) is 0 Å². The van der Waals surface area contributed by atoms with Crippen molar-refractivity contribution < 1.29 is 4.79 Å². The Morgan fingerprint density at radius 3 is 2.45 bits per heavy atom. The van der Waals surface area contributed by atoms with Crippen molar-refractivity contribution in [2.24, 2.45) is 17.8 Å². The number of fused-ring (bicyclic) bond motifs is 1. The third kappa shape index (κ3) is 1.96. The van der Waals surface area contributed by atoms with Crippen LogP contribution in [0.2, 0.25) is 0 Å². The summed E-state index contributed by atoms with van der Waals surface area (Å²) >= 11 is 0. The lowest BCUT2D eigenvalue weighted by molar-refractivity contribution is 0.0625. The van der Waals surface area contributed by atoms with Gasteiger partial charge in [0.15, 0.2) is 0 Å². The van der Waals surface area contributed by atoms with Crippen LogP contribution in [-0.4, -0.2) is 33.6 Å². The van der Waals surface area contributed by atoms with E-state index in [0.717, 1.165) is 31.2 Å². The minimum Gasteiger partial charge on any atom is -0.334 e. The third-order valence-electron chi connectivity index (χ3n) is 5.27. The van der Waals surface area contributed by atoms with Crippen LogP contribution in [0, 0.1) is 17.8 Å². The molecule has 2 unspecified atom stereocenters. The summed E-state index contributed by atoms with van der Waals surface area (Å²) in [5, 5.41) is 6.26. The van der Waals surface area contributed by atoms with E-state index in [0.29, 0.717) is 17.7 Å². The van der Waals surface area contributed by atoms with Crippen molar-refractivity contribution >= 4 is 5.91 Å². The molecule has 5 heteroatoms. The fraction of sp³-hybridized carbons (Fsp3) is 0.667. The molecule has 2 aliphatic heterocycles. The second-order valence-corrected chi connectivity index (χ2v) is 6.69. The van der Waals surface area contributed by atoms with E-state index in [1.54, 1.807) is 0 Å². The lowest BCUT2D eigenvalue weighted by Gasteiger charge is -2.38. The van der Waals surface area contributed by atoms with E-state index in [2.05, 4.69) is 10.2 Å². The zero-order valence-corrected chi connectivity index (χ0v) is 11.4. The maximum Gasteiger partial charge on any atom is 0.274 e. The highest BCUT2D eigenvalue weighted by molar-refractivity contribution is 5.92. The van der Waals surface area contributed by atoms with Crippen LogP contribution in [0.1, 0.15) is 42.6 Å². The smallest absolute Gasteiger partial charge is 0.274 e. The summed E-state index contributed by atoms with van der Waals surface area (Å²) in [5.74, 6) is 2.29. The van der Waals surface area contributed by atoms with Gasteiger partial charge in [-0.3, -0.25) is 9.59 Å². The number of rotatable bonds is 1. The van der Waals surface area contributed by atoms with Crippen LogP contribution < -0.4 is 5.56 Å². The molecule has 2 saturated heterocycles. The van der Waals surface area contributed by atoms with Crippen molar-refractivity contribution in [2.75, 3.05) is 6.54 Å². The Morgan fingerprint density at radius 1 is 1.10 bits per heavy atom. The number of H-pyrrole nitrogens is 1. The fourth-order valence-electron chi connectivity index (χ4n) is 4.64. The molecule has 1 aromatic rings. The molecular weight excluding hydrogens is 254 g/mol. The molecule has 0 radical (unpaired) electrons. The molecule has 0 aromatic carbocycles. The number of hydrogen-bond donors (Lipinski definition) is 1. The molecule has 2 saturated carbocycles. The molecule has 1 amide bonds. The highest BCUT2D eigenvalue weighted by Gasteiger charge is 2.44. The van der Waals surface area contributed by atoms with Crippen molar-refractivity contribution in [2.45, 2.75) is 38.1 Å². The Labute approximate surface area is 117 Å². The summed E-state index contributed by atoms with van der Waals surface area (Å²) in [7, 11) is 0. The van der Waals surface area contributed by atoms with E-state index in [9.17, 15) is 9.59 Å². The predicted octanol–water partition coefficient (Wildman–Crippen LogP) is 1.42. The van der Waals surface area contributed by atoms with Crippen LogP contribution >= 0.6 is 0 Å². The van der Waals surface area contributed by atoms with Gasteiger partial charge in [-0.2, -0.15) is 5.10 Å². The largest absolute Gasteiger partial charge is 0.334 e. The van der Waals surface area contributed by atoms with E-state index in [1.165, 1.54) is 31.4 Å². The van der Waals surface area contributed by atoms with Crippen molar-refractivity contribution in [3.05, 3.63) is 28.2 Å². The Morgan fingerprint density at radius 2 is 1.80 bits per heavy atom. The number of nitrogens with zero attached hydrogens (tertiary/aromatic N) is 2. The van der Waals surface area contributed by atoms with Gasteiger partial charge in [-0.25, -0.2) is 5.10 Å². The molecule has 4 fully saturated rings. The Hall–Kier alpha value is -1.65. The number of carbonyl (C=O) groups is 1. The highest BCUT2D eigenvalue weighted by Crippen LogP contribution is 2.47. The predicted molar refractivity (Wildman–Crippen MR) is 73.2 cm³/mol. The number of carbonyl (C=O) groups excluding carboxylic acids is 1. The second kappa shape index (κ2) is 4.43. The van der Waals surface area contributed by atoms with Crippen LogP contribution in [0.3, 0.4) is 0 Å². The Bertz CT molecular complexity index is 563. The summed E-state index contributed by atoms with van der Waals surface area (Å²) in [4.78, 5) is 25.8. The van der Waals surface area contributed by atoms with Crippen molar-refractivity contribution in [1.82, 2.24) is 15.1 Å². The van der Waals surface area contributed by atoms with Gasteiger partial charge in [-0.15, -0.1) is 0 Å². The minimum absolute atomic E-state index is 0.0144. The van der Waals surface area contributed by atoms with Gasteiger partial charge in [-0.05, 0) is 55.9 Å². The summed E-state index contributed by atoms with van der Waals surface area (Å²) in [6, 6.07) is 3.30. The lowest BCUT2D eigenvalue weighted by Crippen LogP contribution is -2.42. The van der Waals surface area contributed by atoms with Gasteiger partial charge in [0, 0.05) is 18.7 Å². The zero-order valence-electron chi connectivity index (χ0n) is 11.4. The van der Waals surface area contributed by atoms with Crippen LogP contribution in [0.5, 0.6) is 0 Å². The first-order valence-corrected chi connectivity index (χ1v) is 7.55. The van der Waals surface area contributed by atoms with Crippen LogP contribution in [0.4, 0.5) is 0 Å². The fourth-order valence-corrected chi connectivity index (χ4v) is 4.64. The minimum atomic E-state index is -0.266. The molecule has 5 rings (SSSR count). The summed E-state index contributed by atoms with van der Waals surface area (Å²) in [5.41, 5.74) is 0.100. The lowest BCUT2D eigenvalue weighted by atomic mass is 9.68. The third-order valence-corrected chi connectivity index (χ3v) is 5.27. The number of aromatic amines is 1. The average molecular weight is 273 g/mol. The number of amides is 1. The first-order chi connectivity index (χ1) is 9.69. The molecule has 5 nitrogen and oxygen atoms in total. The first-order valence-electron chi connectivity index (χ1n) is 7.55. The monoisotopic (exact) mass is 273 g/mol. The Kier molecular flexibility index (Phi) is 2.69. The molecule has 1 N–H and O–H groups in total. The number of aromatic nitrogens is 2. The molecule has 2 aliphatic carbocycles. The summed E-state index contributed by atoms with van der Waals surface area (Å²) < 4.78 is 0. The maximum absolute atomic E-state index is 12.7. The maximum atomic E-state index is 12.7. The quantitative estimate of drug-likeness (QED) is 0.841. The molecule has 4 bridgehead atoms. The van der Waals surface area contributed by atoms with Gasteiger partial charge in [0.1, 0.15) is 5.69 Å². The van der Waals surface area contributed by atoms with E-state index in [1.807, 2.05) is 4.90 Å². The van der Waals surface area contributed by atoms with Crippen molar-refractivity contribution in [1.29, 1.82) is 0 Å². The number of nitrogens with one attached hydrogen (secondary N) is 1. The van der Waals surface area contributed by atoms with Gasteiger partial charge in [-0.1, -0.05) is 0 Å². The van der Waals surface area contributed by atoms with E-state index >= 15 is 0 Å². The molecular formula is C15H19N3O2. The second-order valence-electron chi connectivity index (χ2n) is 6.69. The van der Waals surface area contributed by atoms with Crippen molar-refractivity contribution in [3.8, 4) is 0 Å². The molecule has 4 aliphatic rings. The van der Waals surface area contributed by atoms with Gasteiger partial charge >= 0.3 is 0 Å². The Balaban J connectivity index is 1.63. The van der Waals surface area contributed by atoms with Crippen LogP contribution in [-0.2, 0) is 0 Å². The molecule has 0 spiro atoms. The normalized spacial score (nSPS) is 35.1. The van der Waals surface area contributed by atoms with Gasteiger partial charge < -0.3 is 4.90 Å². The van der Waals surface area contributed by atoms with Gasteiger partial charge in [0.25, 0.3) is 11.5 Å². The van der Waals surface area contributed by atoms with E-state index < -0.39 is 0 Å².